The number of rotatable bonds is 7. The van der Waals surface area contributed by atoms with E-state index in [-0.39, 0.29) is 17.6 Å². The van der Waals surface area contributed by atoms with Gasteiger partial charge < -0.3 is 10.6 Å². The van der Waals surface area contributed by atoms with Crippen LogP contribution < -0.4 is 10.6 Å². The van der Waals surface area contributed by atoms with Crippen molar-refractivity contribution in [1.29, 1.82) is 0 Å². The number of anilines is 1. The van der Waals surface area contributed by atoms with Crippen LogP contribution in [0.25, 0.3) is 0 Å². The Morgan fingerprint density at radius 2 is 2.09 bits per heavy atom. The summed E-state index contributed by atoms with van der Waals surface area (Å²) in [5, 5.41) is 17.2. The molecule has 0 saturated heterocycles. The summed E-state index contributed by atoms with van der Waals surface area (Å²) in [6, 6.07) is 4.58. The highest BCUT2D eigenvalue weighted by atomic mass is 16.6. The Balaban J connectivity index is 2.16. The maximum absolute atomic E-state index is 12.0. The van der Waals surface area contributed by atoms with Gasteiger partial charge in [0.15, 0.2) is 0 Å². The number of hydrogen-bond acceptors (Lipinski definition) is 4. The topological polar surface area (TPSA) is 84.3 Å². The minimum Gasteiger partial charge on any atom is -0.379 e. The Morgan fingerprint density at radius 3 is 2.59 bits per heavy atom. The van der Waals surface area contributed by atoms with Gasteiger partial charge >= 0.3 is 0 Å². The molecule has 0 aliphatic heterocycles. The van der Waals surface area contributed by atoms with Crippen molar-refractivity contribution >= 4 is 17.3 Å². The predicted octanol–water partition coefficient (Wildman–Crippen LogP) is 3.34. The third kappa shape index (κ3) is 3.75. The van der Waals surface area contributed by atoms with Crippen LogP contribution in [0.15, 0.2) is 18.2 Å². The molecule has 2 rings (SSSR count). The van der Waals surface area contributed by atoms with E-state index in [1.165, 1.54) is 18.9 Å². The molecule has 0 heterocycles. The van der Waals surface area contributed by atoms with Crippen LogP contribution in [0.3, 0.4) is 0 Å². The molecule has 22 heavy (non-hydrogen) atoms. The molecular formula is C16H23N3O3. The third-order valence-electron chi connectivity index (χ3n) is 4.24. The van der Waals surface area contributed by atoms with Crippen LogP contribution in [0.5, 0.6) is 0 Å². The zero-order valence-electron chi connectivity index (χ0n) is 13.3. The number of amides is 1. The quantitative estimate of drug-likeness (QED) is 0.597. The van der Waals surface area contributed by atoms with Gasteiger partial charge in [0.1, 0.15) is 5.69 Å². The van der Waals surface area contributed by atoms with Crippen LogP contribution in [-0.2, 0) is 0 Å². The van der Waals surface area contributed by atoms with Crippen molar-refractivity contribution in [2.24, 2.45) is 5.41 Å². The van der Waals surface area contributed by atoms with Gasteiger partial charge in [-0.05, 0) is 50.7 Å². The Labute approximate surface area is 130 Å². The van der Waals surface area contributed by atoms with E-state index in [2.05, 4.69) is 17.6 Å². The Hall–Kier alpha value is -2.11. The molecule has 120 valence electrons. The summed E-state index contributed by atoms with van der Waals surface area (Å²) in [5.41, 5.74) is 1.03. The van der Waals surface area contributed by atoms with Gasteiger partial charge in [0.25, 0.3) is 11.6 Å². The van der Waals surface area contributed by atoms with E-state index in [4.69, 9.17) is 0 Å². The first-order chi connectivity index (χ1) is 10.4. The fourth-order valence-electron chi connectivity index (χ4n) is 2.43. The van der Waals surface area contributed by atoms with Crippen LogP contribution in [0.4, 0.5) is 11.4 Å². The zero-order valence-corrected chi connectivity index (χ0v) is 13.3. The number of nitrogens with zero attached hydrogens (tertiary/aromatic N) is 1. The summed E-state index contributed by atoms with van der Waals surface area (Å²) in [5.74, 6) is -0.295. The number of benzene rings is 1. The van der Waals surface area contributed by atoms with Crippen molar-refractivity contribution < 1.29 is 9.72 Å². The largest absolute Gasteiger partial charge is 0.379 e. The molecule has 1 aliphatic rings. The van der Waals surface area contributed by atoms with E-state index in [0.717, 1.165) is 13.0 Å². The number of carbonyl (C=O) groups is 1. The number of hydrogen-bond donors (Lipinski definition) is 2. The Bertz CT molecular complexity index is 580. The molecule has 6 heteroatoms. The molecule has 0 spiro atoms. The molecule has 0 radical (unpaired) electrons. The average molecular weight is 305 g/mol. The van der Waals surface area contributed by atoms with Crippen LogP contribution in [-0.4, -0.2) is 23.4 Å². The monoisotopic (exact) mass is 305 g/mol. The smallest absolute Gasteiger partial charge is 0.293 e. The highest BCUT2D eigenvalue weighted by Gasteiger charge is 2.40. The summed E-state index contributed by atoms with van der Waals surface area (Å²) in [7, 11) is 0. The lowest BCUT2D eigenvalue weighted by atomic mass is 10.0. The first-order valence-electron chi connectivity index (χ1n) is 7.70. The van der Waals surface area contributed by atoms with E-state index >= 15 is 0 Å². The predicted molar refractivity (Wildman–Crippen MR) is 86.1 cm³/mol. The fraction of sp³-hybridized carbons (Fsp3) is 0.562. The van der Waals surface area contributed by atoms with Crippen molar-refractivity contribution in [1.82, 2.24) is 5.32 Å². The van der Waals surface area contributed by atoms with Crippen molar-refractivity contribution in [3.8, 4) is 0 Å². The van der Waals surface area contributed by atoms with Crippen molar-refractivity contribution in [2.75, 3.05) is 11.9 Å². The molecule has 1 aromatic rings. The lowest BCUT2D eigenvalue weighted by molar-refractivity contribution is -0.384. The Morgan fingerprint density at radius 1 is 1.41 bits per heavy atom. The van der Waals surface area contributed by atoms with E-state index in [9.17, 15) is 14.9 Å². The van der Waals surface area contributed by atoms with Crippen molar-refractivity contribution in [2.45, 2.75) is 46.1 Å². The van der Waals surface area contributed by atoms with Gasteiger partial charge in [0.05, 0.1) is 4.92 Å². The second-order valence-corrected chi connectivity index (χ2v) is 6.32. The third-order valence-corrected chi connectivity index (χ3v) is 4.24. The summed E-state index contributed by atoms with van der Waals surface area (Å²) >= 11 is 0. The van der Waals surface area contributed by atoms with Gasteiger partial charge in [0.2, 0.25) is 0 Å². The first kappa shape index (κ1) is 16.3. The van der Waals surface area contributed by atoms with E-state index in [1.54, 1.807) is 12.1 Å². The minimum atomic E-state index is -0.444. The van der Waals surface area contributed by atoms with Crippen LogP contribution >= 0.6 is 0 Å². The molecule has 6 nitrogen and oxygen atoms in total. The summed E-state index contributed by atoms with van der Waals surface area (Å²) < 4.78 is 0. The fourth-order valence-corrected chi connectivity index (χ4v) is 2.43. The average Bonchev–Trinajstić information content (AvgIpc) is 3.24. The van der Waals surface area contributed by atoms with Gasteiger partial charge in [-0.1, -0.05) is 6.92 Å². The van der Waals surface area contributed by atoms with E-state index in [1.807, 2.05) is 13.8 Å². The molecule has 1 amide bonds. The van der Waals surface area contributed by atoms with Gasteiger partial charge in [-0.2, -0.15) is 0 Å². The number of nitrogens with one attached hydrogen (secondary N) is 2. The Kier molecular flexibility index (Phi) is 4.68. The second kappa shape index (κ2) is 6.34. The molecule has 2 N–H and O–H groups in total. The number of nitro groups is 1. The molecule has 1 fully saturated rings. The van der Waals surface area contributed by atoms with E-state index < -0.39 is 4.92 Å². The van der Waals surface area contributed by atoms with Crippen LogP contribution in [0.2, 0.25) is 0 Å². The molecule has 1 saturated carbocycles. The molecule has 1 aliphatic carbocycles. The number of carbonyl (C=O) groups excluding carboxylic acids is 1. The van der Waals surface area contributed by atoms with Gasteiger partial charge in [-0.25, -0.2) is 0 Å². The van der Waals surface area contributed by atoms with Gasteiger partial charge in [0, 0.05) is 24.2 Å². The lowest BCUT2D eigenvalue weighted by Gasteiger charge is -2.15. The SMILES string of the molecule is CCC1(CNc2ccc(C(=O)NC(C)C)cc2[N+](=O)[O-])CC1. The molecule has 1 aromatic carbocycles. The maximum Gasteiger partial charge on any atom is 0.293 e. The molecular weight excluding hydrogens is 282 g/mol. The van der Waals surface area contributed by atoms with Crippen LogP contribution in [0.1, 0.15) is 50.4 Å². The molecule has 0 bridgehead atoms. The molecule has 0 atom stereocenters. The number of nitro benzene ring substituents is 1. The highest BCUT2D eigenvalue weighted by Crippen LogP contribution is 2.48. The van der Waals surface area contributed by atoms with Gasteiger partial charge in [-0.3, -0.25) is 14.9 Å². The van der Waals surface area contributed by atoms with Crippen molar-refractivity contribution in [3.05, 3.63) is 33.9 Å². The molecule has 0 aromatic heterocycles. The highest BCUT2D eigenvalue weighted by molar-refractivity contribution is 5.95. The summed E-state index contributed by atoms with van der Waals surface area (Å²) in [6.07, 6.45) is 3.40. The maximum atomic E-state index is 12.0. The van der Waals surface area contributed by atoms with Crippen molar-refractivity contribution in [3.63, 3.8) is 0 Å². The van der Waals surface area contributed by atoms with Crippen LogP contribution in [0, 0.1) is 15.5 Å². The summed E-state index contributed by atoms with van der Waals surface area (Å²) in [6.45, 7) is 6.58. The van der Waals surface area contributed by atoms with Gasteiger partial charge in [-0.15, -0.1) is 0 Å². The lowest BCUT2D eigenvalue weighted by Crippen LogP contribution is -2.30. The molecule has 0 unspecified atom stereocenters. The summed E-state index contributed by atoms with van der Waals surface area (Å²) in [4.78, 5) is 22.8. The standard InChI is InChI=1S/C16H23N3O3/c1-4-16(7-8-16)10-17-13-6-5-12(9-14(13)19(21)22)15(20)18-11(2)3/h5-6,9,11,17H,4,7-8,10H2,1-3H3,(H,18,20). The zero-order chi connectivity index (χ0) is 16.3. The normalized spacial score (nSPS) is 15.5. The van der Waals surface area contributed by atoms with E-state index in [0.29, 0.717) is 16.7 Å². The second-order valence-electron chi connectivity index (χ2n) is 6.32. The first-order valence-corrected chi connectivity index (χ1v) is 7.70. The minimum absolute atomic E-state index is 0.0105.